The van der Waals surface area contributed by atoms with Crippen LogP contribution in [-0.2, 0) is 17.4 Å². The second kappa shape index (κ2) is 13.3. The van der Waals surface area contributed by atoms with Crippen molar-refractivity contribution in [3.63, 3.8) is 0 Å². The number of unbranched alkanes of at least 4 members (excludes halogenated alkanes) is 3. The molecule has 6 heteroatoms. The number of hydrogen-bond donors (Lipinski definition) is 0. The molecule has 0 bridgehead atoms. The van der Waals surface area contributed by atoms with E-state index in [0.717, 1.165) is 38.5 Å². The summed E-state index contributed by atoms with van der Waals surface area (Å²) >= 11 is 0. The first kappa shape index (κ1) is 19.3. The van der Waals surface area contributed by atoms with Crippen molar-refractivity contribution in [2.24, 2.45) is 0 Å². The minimum atomic E-state index is -2.85. The van der Waals surface area contributed by atoms with Gasteiger partial charge in [0.1, 0.15) is 0 Å². The lowest BCUT2D eigenvalue weighted by Gasteiger charge is -2.28. The van der Waals surface area contributed by atoms with E-state index in [1.165, 1.54) is 0 Å². The topological polar surface area (TPSA) is 36.9 Å². The van der Waals surface area contributed by atoms with Crippen molar-refractivity contribution in [3.05, 3.63) is 0 Å². The van der Waals surface area contributed by atoms with Crippen LogP contribution in [0, 0.1) is 0 Å². The maximum absolute atomic E-state index is 5.91. The first-order valence-corrected chi connectivity index (χ1v) is 11.4. The average molecular weight is 309 g/mol. The molecule has 0 radical (unpaired) electrons. The fraction of sp³-hybridized carbons (Fsp3) is 1.00. The van der Waals surface area contributed by atoms with Gasteiger partial charge in [0.05, 0.1) is 0 Å². The molecule has 0 rings (SSSR count). The molecule has 0 aliphatic rings. The summed E-state index contributed by atoms with van der Waals surface area (Å²) in [6.45, 7) is 10.6. The second-order valence-electron chi connectivity index (χ2n) is 4.54. The van der Waals surface area contributed by atoms with Crippen molar-refractivity contribution >= 4 is 18.8 Å². The molecule has 0 spiro atoms. The third-order valence-electron chi connectivity index (χ3n) is 2.65. The van der Waals surface area contributed by atoms with Crippen LogP contribution in [0.2, 0.25) is 6.55 Å². The highest BCUT2D eigenvalue weighted by molar-refractivity contribution is 6.59. The van der Waals surface area contributed by atoms with Gasteiger partial charge in [-0.25, -0.2) is 0 Å². The Balaban J connectivity index is 4.37. The van der Waals surface area contributed by atoms with Gasteiger partial charge in [-0.15, -0.1) is 0 Å². The average Bonchev–Trinajstić information content (AvgIpc) is 2.40. The highest BCUT2D eigenvalue weighted by atomic mass is 28.4. The summed E-state index contributed by atoms with van der Waals surface area (Å²) in [6.07, 6.45) is 6.40. The molecule has 0 saturated carbocycles. The predicted molar refractivity (Wildman–Crippen MR) is 83.8 cm³/mol. The molecule has 0 aromatic heterocycles. The van der Waals surface area contributed by atoms with Crippen molar-refractivity contribution in [2.75, 3.05) is 19.8 Å². The molecule has 0 aromatic carbocycles. The van der Waals surface area contributed by atoms with Gasteiger partial charge in [-0.3, -0.25) is 0 Å². The van der Waals surface area contributed by atoms with Crippen LogP contribution >= 0.6 is 0 Å². The van der Waals surface area contributed by atoms with Gasteiger partial charge in [-0.2, -0.15) is 0 Å². The Bertz CT molecular complexity index is 167. The van der Waals surface area contributed by atoms with Crippen LogP contribution in [-0.4, -0.2) is 38.6 Å². The van der Waals surface area contributed by atoms with Crippen LogP contribution in [0.25, 0.3) is 0 Å². The molecule has 0 aromatic rings. The highest BCUT2D eigenvalue weighted by Crippen LogP contribution is 2.14. The Morgan fingerprint density at radius 3 is 1.37 bits per heavy atom. The molecule has 116 valence electrons. The summed E-state index contributed by atoms with van der Waals surface area (Å²) in [5.74, 6) is 0. The van der Waals surface area contributed by atoms with E-state index in [0.29, 0.717) is 19.8 Å². The molecular formula is C13H32O4Si2. The Morgan fingerprint density at radius 2 is 1.11 bits per heavy atom. The first-order chi connectivity index (χ1) is 9.24. The quantitative estimate of drug-likeness (QED) is 0.365. The van der Waals surface area contributed by atoms with Crippen LogP contribution in [0.15, 0.2) is 0 Å². The normalized spacial score (nSPS) is 12.6. The Hall–Kier alpha value is 0.274. The van der Waals surface area contributed by atoms with Gasteiger partial charge in [0.2, 0.25) is 0 Å². The van der Waals surface area contributed by atoms with Crippen molar-refractivity contribution in [2.45, 2.75) is 65.8 Å². The standard InChI is InChI=1S/C13H32O4Si2/c1-5-8-11-14-19(17-18-4,15-12-9-6-2)16-13-10-7-3/h5-13,18H2,1-4H3. The monoisotopic (exact) mass is 308 g/mol. The molecule has 0 saturated heterocycles. The molecule has 0 unspecified atom stereocenters. The molecule has 0 aliphatic heterocycles. The number of hydrogen-bond acceptors (Lipinski definition) is 4. The molecular weight excluding hydrogens is 276 g/mol. The maximum Gasteiger partial charge on any atom is 0.668 e. The van der Waals surface area contributed by atoms with Crippen molar-refractivity contribution in [1.29, 1.82) is 0 Å². The lowest BCUT2D eigenvalue weighted by Crippen LogP contribution is -2.50. The van der Waals surface area contributed by atoms with Gasteiger partial charge >= 0.3 is 9.05 Å². The summed E-state index contributed by atoms with van der Waals surface area (Å²) < 4.78 is 23.6. The van der Waals surface area contributed by atoms with Gasteiger partial charge in [-0.05, 0) is 19.3 Å². The van der Waals surface area contributed by atoms with Crippen LogP contribution in [0.3, 0.4) is 0 Å². The Morgan fingerprint density at radius 1 is 0.737 bits per heavy atom. The lowest BCUT2D eigenvalue weighted by molar-refractivity contribution is -0.000680. The SMILES string of the molecule is CCCCO[Si](OCCCC)(OCCCC)O[SiH2]C. The third kappa shape index (κ3) is 9.75. The van der Waals surface area contributed by atoms with Gasteiger partial charge < -0.3 is 17.4 Å². The van der Waals surface area contributed by atoms with E-state index in [1.807, 2.05) is 0 Å². The zero-order valence-electron chi connectivity index (χ0n) is 13.2. The van der Waals surface area contributed by atoms with E-state index in [2.05, 4.69) is 27.3 Å². The summed E-state index contributed by atoms with van der Waals surface area (Å²) in [6, 6.07) is 0. The zero-order chi connectivity index (χ0) is 14.4. The second-order valence-corrected chi connectivity index (χ2v) is 8.14. The van der Waals surface area contributed by atoms with Gasteiger partial charge in [0.25, 0.3) is 0 Å². The fourth-order valence-electron chi connectivity index (χ4n) is 1.45. The molecule has 0 amide bonds. The lowest BCUT2D eigenvalue weighted by atomic mass is 10.4. The summed E-state index contributed by atoms with van der Waals surface area (Å²) in [5, 5.41) is 0. The highest BCUT2D eigenvalue weighted by Gasteiger charge is 2.44. The summed E-state index contributed by atoms with van der Waals surface area (Å²) in [5.41, 5.74) is 0. The Kier molecular flexibility index (Phi) is 13.5. The molecule has 0 N–H and O–H groups in total. The smallest absolute Gasteiger partial charge is 0.400 e. The van der Waals surface area contributed by atoms with Gasteiger partial charge in [0.15, 0.2) is 9.76 Å². The van der Waals surface area contributed by atoms with Crippen LogP contribution < -0.4 is 0 Å². The molecule has 0 heterocycles. The molecule has 4 nitrogen and oxygen atoms in total. The Labute approximate surface area is 122 Å². The predicted octanol–water partition coefficient (Wildman–Crippen LogP) is 3.02. The van der Waals surface area contributed by atoms with E-state index in [4.69, 9.17) is 17.4 Å². The largest absolute Gasteiger partial charge is 0.668 e. The van der Waals surface area contributed by atoms with Crippen LogP contribution in [0.1, 0.15) is 59.3 Å². The zero-order valence-corrected chi connectivity index (χ0v) is 15.6. The number of rotatable bonds is 14. The molecule has 19 heavy (non-hydrogen) atoms. The van der Waals surface area contributed by atoms with Crippen molar-refractivity contribution < 1.29 is 17.4 Å². The van der Waals surface area contributed by atoms with Crippen molar-refractivity contribution in [3.8, 4) is 0 Å². The fourth-order valence-corrected chi connectivity index (χ4v) is 5.30. The maximum atomic E-state index is 5.91. The molecule has 0 fully saturated rings. The summed E-state index contributed by atoms with van der Waals surface area (Å²) in [4.78, 5) is 0. The van der Waals surface area contributed by atoms with E-state index >= 15 is 0 Å². The third-order valence-corrected chi connectivity index (χ3v) is 6.89. The first-order valence-electron chi connectivity index (χ1n) is 7.80. The van der Waals surface area contributed by atoms with E-state index in [1.54, 1.807) is 0 Å². The van der Waals surface area contributed by atoms with E-state index in [9.17, 15) is 0 Å². The van der Waals surface area contributed by atoms with Crippen LogP contribution in [0.5, 0.6) is 0 Å². The molecule has 0 atom stereocenters. The van der Waals surface area contributed by atoms with Gasteiger partial charge in [-0.1, -0.05) is 46.6 Å². The van der Waals surface area contributed by atoms with Crippen LogP contribution in [0.4, 0.5) is 0 Å². The molecule has 0 aliphatic carbocycles. The summed E-state index contributed by atoms with van der Waals surface area (Å²) in [7, 11) is -3.45. The van der Waals surface area contributed by atoms with Crippen molar-refractivity contribution in [1.82, 2.24) is 0 Å². The van der Waals surface area contributed by atoms with E-state index in [-0.39, 0.29) is 0 Å². The van der Waals surface area contributed by atoms with E-state index < -0.39 is 18.8 Å². The minimum absolute atomic E-state index is 0.606. The minimum Gasteiger partial charge on any atom is -0.400 e. The van der Waals surface area contributed by atoms with Gasteiger partial charge in [0, 0.05) is 19.8 Å².